The van der Waals surface area contributed by atoms with Crippen LogP contribution in [0.3, 0.4) is 0 Å². The first-order chi connectivity index (χ1) is 6.14. The van der Waals surface area contributed by atoms with Crippen molar-refractivity contribution < 1.29 is 9.53 Å². The van der Waals surface area contributed by atoms with Crippen LogP contribution < -0.4 is 0 Å². The number of aldehydes is 1. The van der Waals surface area contributed by atoms with E-state index in [1.165, 1.54) is 7.11 Å². The van der Waals surface area contributed by atoms with Crippen molar-refractivity contribution in [2.75, 3.05) is 7.11 Å². The summed E-state index contributed by atoms with van der Waals surface area (Å²) in [5, 5.41) is 0.541. The first-order valence-electron chi connectivity index (χ1n) is 3.90. The number of hydrogen-bond donors (Lipinski definition) is 0. The van der Waals surface area contributed by atoms with E-state index in [-0.39, 0.29) is 0 Å². The molecule has 0 aliphatic carbocycles. The summed E-state index contributed by atoms with van der Waals surface area (Å²) in [6.45, 7) is 1.68. The molecule has 0 heterocycles. The molecule has 0 N–H and O–H groups in total. The van der Waals surface area contributed by atoms with Crippen molar-refractivity contribution in [2.45, 2.75) is 12.5 Å². The summed E-state index contributed by atoms with van der Waals surface area (Å²) in [7, 11) is 1.48. The average molecular weight is 199 g/mol. The van der Waals surface area contributed by atoms with Gasteiger partial charge >= 0.3 is 0 Å². The van der Waals surface area contributed by atoms with Crippen molar-refractivity contribution in [3.05, 3.63) is 34.9 Å². The van der Waals surface area contributed by atoms with E-state index >= 15 is 0 Å². The standard InChI is InChI=1S/C10H11ClO2/c1-10(7-12,13-2)8-5-3-4-6-9(8)11/h3-7H,1-2H3. The lowest BCUT2D eigenvalue weighted by Crippen LogP contribution is -2.26. The lowest BCUT2D eigenvalue weighted by atomic mass is 9.97. The van der Waals surface area contributed by atoms with Crippen LogP contribution >= 0.6 is 11.6 Å². The highest BCUT2D eigenvalue weighted by molar-refractivity contribution is 6.31. The normalized spacial score (nSPS) is 15.0. The Morgan fingerprint density at radius 1 is 1.46 bits per heavy atom. The number of methoxy groups -OCH3 is 1. The van der Waals surface area contributed by atoms with E-state index in [1.54, 1.807) is 19.1 Å². The molecule has 0 saturated heterocycles. The Kier molecular flexibility index (Phi) is 3.07. The molecule has 3 heteroatoms. The maximum atomic E-state index is 10.8. The SMILES string of the molecule is COC(C)(C=O)c1ccccc1Cl. The minimum Gasteiger partial charge on any atom is -0.366 e. The van der Waals surface area contributed by atoms with Crippen LogP contribution in [0, 0.1) is 0 Å². The number of carbonyl (C=O) groups excluding carboxylic acids is 1. The molecule has 70 valence electrons. The van der Waals surface area contributed by atoms with Crippen LogP contribution in [-0.2, 0) is 15.1 Å². The Morgan fingerprint density at radius 3 is 2.54 bits per heavy atom. The zero-order chi connectivity index (χ0) is 9.90. The first kappa shape index (κ1) is 10.2. The second kappa shape index (κ2) is 3.90. The molecule has 2 nitrogen and oxygen atoms in total. The molecule has 0 aliphatic rings. The minimum absolute atomic E-state index is 0.541. The van der Waals surface area contributed by atoms with E-state index in [1.807, 2.05) is 12.1 Å². The third kappa shape index (κ3) is 1.90. The summed E-state index contributed by atoms with van der Waals surface area (Å²) in [6.07, 6.45) is 0.744. The predicted octanol–water partition coefficient (Wildman–Crippen LogP) is 2.40. The summed E-state index contributed by atoms with van der Waals surface area (Å²) in [5.41, 5.74) is -0.257. The van der Waals surface area contributed by atoms with Gasteiger partial charge in [-0.05, 0) is 13.0 Å². The van der Waals surface area contributed by atoms with E-state index in [2.05, 4.69) is 0 Å². The van der Waals surface area contributed by atoms with Gasteiger partial charge in [0.25, 0.3) is 0 Å². The molecule has 0 bridgehead atoms. The van der Waals surface area contributed by atoms with Gasteiger partial charge < -0.3 is 4.74 Å². The Balaban J connectivity index is 3.19. The van der Waals surface area contributed by atoms with Gasteiger partial charge in [0.2, 0.25) is 0 Å². The molecule has 0 fully saturated rings. The van der Waals surface area contributed by atoms with Gasteiger partial charge in [-0.1, -0.05) is 29.8 Å². The molecule has 1 aromatic carbocycles. The fourth-order valence-corrected chi connectivity index (χ4v) is 1.41. The fraction of sp³-hybridized carbons (Fsp3) is 0.300. The number of hydrogen-bond acceptors (Lipinski definition) is 2. The molecule has 0 aromatic heterocycles. The number of halogens is 1. The van der Waals surface area contributed by atoms with Crippen molar-refractivity contribution in [3.8, 4) is 0 Å². The number of ether oxygens (including phenoxy) is 1. The first-order valence-corrected chi connectivity index (χ1v) is 4.28. The van der Waals surface area contributed by atoms with Crippen LogP contribution in [0.15, 0.2) is 24.3 Å². The third-order valence-corrected chi connectivity index (χ3v) is 2.39. The zero-order valence-electron chi connectivity index (χ0n) is 7.58. The highest BCUT2D eigenvalue weighted by Gasteiger charge is 2.27. The average Bonchev–Trinajstić information content (AvgIpc) is 2.17. The van der Waals surface area contributed by atoms with Gasteiger partial charge in [0.1, 0.15) is 5.60 Å². The van der Waals surface area contributed by atoms with Crippen molar-refractivity contribution in [1.82, 2.24) is 0 Å². The van der Waals surface area contributed by atoms with E-state index in [0.29, 0.717) is 10.6 Å². The Hall–Kier alpha value is -0.860. The smallest absolute Gasteiger partial charge is 0.156 e. The Labute approximate surface area is 82.5 Å². The highest BCUT2D eigenvalue weighted by atomic mass is 35.5. The van der Waals surface area contributed by atoms with E-state index in [4.69, 9.17) is 16.3 Å². The number of rotatable bonds is 3. The quantitative estimate of drug-likeness (QED) is 0.698. The van der Waals surface area contributed by atoms with Gasteiger partial charge in [0, 0.05) is 17.7 Å². The molecule has 0 amide bonds. The molecule has 1 aromatic rings. The van der Waals surface area contributed by atoms with Gasteiger partial charge in [-0.3, -0.25) is 4.79 Å². The van der Waals surface area contributed by atoms with Gasteiger partial charge in [0.05, 0.1) is 0 Å². The number of benzene rings is 1. The van der Waals surface area contributed by atoms with E-state index < -0.39 is 5.60 Å². The molecule has 0 radical (unpaired) electrons. The molecule has 0 aliphatic heterocycles. The van der Waals surface area contributed by atoms with Crippen molar-refractivity contribution in [2.24, 2.45) is 0 Å². The second-order valence-corrected chi connectivity index (χ2v) is 3.32. The Bertz CT molecular complexity index is 312. The molecule has 0 spiro atoms. The summed E-state index contributed by atoms with van der Waals surface area (Å²) in [6, 6.07) is 7.15. The van der Waals surface area contributed by atoms with Crippen molar-refractivity contribution in [1.29, 1.82) is 0 Å². The largest absolute Gasteiger partial charge is 0.366 e. The predicted molar refractivity (Wildman–Crippen MR) is 51.9 cm³/mol. The highest BCUT2D eigenvalue weighted by Crippen LogP contribution is 2.28. The minimum atomic E-state index is -0.946. The fourth-order valence-electron chi connectivity index (χ4n) is 1.09. The van der Waals surface area contributed by atoms with Crippen molar-refractivity contribution in [3.63, 3.8) is 0 Å². The third-order valence-electron chi connectivity index (χ3n) is 2.06. The maximum absolute atomic E-state index is 10.8. The van der Waals surface area contributed by atoms with Gasteiger partial charge in [0.15, 0.2) is 6.29 Å². The Morgan fingerprint density at radius 2 is 2.08 bits per heavy atom. The van der Waals surface area contributed by atoms with Crippen LogP contribution in [0.2, 0.25) is 5.02 Å². The van der Waals surface area contributed by atoms with Crippen LogP contribution in [-0.4, -0.2) is 13.4 Å². The molecular formula is C10H11ClO2. The van der Waals surface area contributed by atoms with Crippen molar-refractivity contribution >= 4 is 17.9 Å². The summed E-state index contributed by atoms with van der Waals surface area (Å²) >= 11 is 5.93. The lowest BCUT2D eigenvalue weighted by molar-refractivity contribution is -0.126. The molecule has 13 heavy (non-hydrogen) atoms. The lowest BCUT2D eigenvalue weighted by Gasteiger charge is -2.22. The van der Waals surface area contributed by atoms with Crippen LogP contribution in [0.1, 0.15) is 12.5 Å². The van der Waals surface area contributed by atoms with Gasteiger partial charge in [-0.15, -0.1) is 0 Å². The zero-order valence-corrected chi connectivity index (χ0v) is 8.34. The van der Waals surface area contributed by atoms with Crippen LogP contribution in [0.25, 0.3) is 0 Å². The van der Waals surface area contributed by atoms with E-state index in [0.717, 1.165) is 6.29 Å². The van der Waals surface area contributed by atoms with Gasteiger partial charge in [-0.25, -0.2) is 0 Å². The summed E-state index contributed by atoms with van der Waals surface area (Å²) in [5.74, 6) is 0. The molecular weight excluding hydrogens is 188 g/mol. The summed E-state index contributed by atoms with van der Waals surface area (Å²) in [4.78, 5) is 10.8. The molecule has 0 saturated carbocycles. The summed E-state index contributed by atoms with van der Waals surface area (Å²) < 4.78 is 5.10. The molecule has 1 rings (SSSR count). The maximum Gasteiger partial charge on any atom is 0.156 e. The monoisotopic (exact) mass is 198 g/mol. The molecule has 1 unspecified atom stereocenters. The van der Waals surface area contributed by atoms with Gasteiger partial charge in [-0.2, -0.15) is 0 Å². The topological polar surface area (TPSA) is 26.3 Å². The van der Waals surface area contributed by atoms with Crippen LogP contribution in [0.4, 0.5) is 0 Å². The van der Waals surface area contributed by atoms with Crippen LogP contribution in [0.5, 0.6) is 0 Å². The number of carbonyl (C=O) groups is 1. The van der Waals surface area contributed by atoms with E-state index in [9.17, 15) is 4.79 Å². The second-order valence-electron chi connectivity index (χ2n) is 2.91. The molecule has 1 atom stereocenters.